The van der Waals surface area contributed by atoms with E-state index in [-0.39, 0.29) is 5.78 Å². The molecule has 0 fully saturated rings. The topological polar surface area (TPSA) is 72.5 Å². The number of carbonyl (C=O) groups excluding carboxylic acids is 1. The lowest BCUT2D eigenvalue weighted by Gasteiger charge is -2.47. The zero-order valence-electron chi connectivity index (χ0n) is 36.1. The molecule has 2 atom stereocenters. The summed E-state index contributed by atoms with van der Waals surface area (Å²) in [5, 5.41) is 1.43. The van der Waals surface area contributed by atoms with Crippen molar-refractivity contribution < 1.29 is 32.6 Å². The number of benzene rings is 4. The van der Waals surface area contributed by atoms with Crippen LogP contribution in [0.25, 0.3) is 10.8 Å². The Bertz CT molecular complexity index is 2000. The lowest BCUT2D eigenvalue weighted by Crippen LogP contribution is -2.54. The van der Waals surface area contributed by atoms with E-state index in [0.717, 1.165) is 22.4 Å². The second-order valence-electron chi connectivity index (χ2n) is 17.2. The Balaban J connectivity index is 1.72. The summed E-state index contributed by atoms with van der Waals surface area (Å²) >= 11 is 3.96. The number of hydrogen-bond donors (Lipinski definition) is 0. The van der Waals surface area contributed by atoms with Crippen molar-refractivity contribution in [1.82, 2.24) is 0 Å². The molecule has 7 nitrogen and oxygen atoms in total. The fourth-order valence-electron chi connectivity index (χ4n) is 8.95. The molecule has 0 spiro atoms. The average Bonchev–Trinajstić information content (AvgIpc) is 3.17. The molecule has 1 aliphatic rings. The minimum absolute atomic E-state index is 0.0687. The van der Waals surface area contributed by atoms with E-state index >= 15 is 4.79 Å². The molecule has 0 bridgehead atoms. The van der Waals surface area contributed by atoms with Gasteiger partial charge in [0.05, 0.1) is 35.2 Å². The molecular formula is C47H63BrO7Si2. The predicted octanol–water partition coefficient (Wildman–Crippen LogP) is 13.0. The van der Waals surface area contributed by atoms with Crippen LogP contribution in [0.1, 0.15) is 78.0 Å². The van der Waals surface area contributed by atoms with Gasteiger partial charge in [-0.3, -0.25) is 4.79 Å². The van der Waals surface area contributed by atoms with E-state index in [9.17, 15) is 0 Å². The lowest BCUT2D eigenvalue weighted by molar-refractivity contribution is -0.140. The summed E-state index contributed by atoms with van der Waals surface area (Å²) in [4.78, 5) is 15.1. The second-order valence-corrected chi connectivity index (χ2v) is 27.8. The number of hydrogen-bond acceptors (Lipinski definition) is 7. The van der Waals surface area contributed by atoms with E-state index in [1.165, 1.54) is 0 Å². The first kappa shape index (κ1) is 44.5. The third kappa shape index (κ3) is 9.50. The number of allylic oxidation sites excluding steroid dienone is 1. The monoisotopic (exact) mass is 874 g/mol. The van der Waals surface area contributed by atoms with Crippen molar-refractivity contribution in [2.45, 2.75) is 123 Å². The third-order valence-electron chi connectivity index (χ3n) is 11.3. The number of Topliss-reactive ketones (excluding diaryl/α,β-unsaturated/α-hetero) is 1. The van der Waals surface area contributed by atoms with Crippen molar-refractivity contribution >= 4 is 49.1 Å². The Morgan fingerprint density at radius 3 is 1.63 bits per heavy atom. The van der Waals surface area contributed by atoms with E-state index in [1.54, 1.807) is 14.2 Å². The van der Waals surface area contributed by atoms with Crippen molar-refractivity contribution in [2.75, 3.05) is 14.2 Å². The van der Waals surface area contributed by atoms with Gasteiger partial charge in [-0.2, -0.15) is 0 Å². The number of methoxy groups -OCH3 is 2. The van der Waals surface area contributed by atoms with Crippen molar-refractivity contribution in [3.05, 3.63) is 106 Å². The SMILES string of the molecule is CC[C@]1(O[Si](C)(C)C)CC(O[Si](C(C)C)(C(C)C)C(C)C)=C[C@H](Cc2c(Br)c(OC)c3c(OCc4ccccc4)ccc(OCc4ccccc4)c3c2OC)C1=O. The number of rotatable bonds is 18. The Morgan fingerprint density at radius 2 is 1.21 bits per heavy atom. The normalized spacial score (nSPS) is 17.6. The largest absolute Gasteiger partial charge is 0.546 e. The van der Waals surface area contributed by atoms with Crippen LogP contribution < -0.4 is 18.9 Å². The molecule has 10 heteroatoms. The zero-order valence-corrected chi connectivity index (χ0v) is 39.7. The first-order valence-corrected chi connectivity index (χ1v) is 26.7. The van der Waals surface area contributed by atoms with Crippen LogP contribution in [0.5, 0.6) is 23.0 Å². The minimum atomic E-state index is -2.36. The molecule has 57 heavy (non-hydrogen) atoms. The third-order valence-corrected chi connectivity index (χ3v) is 19.2. The Morgan fingerprint density at radius 1 is 0.737 bits per heavy atom. The van der Waals surface area contributed by atoms with Crippen molar-refractivity contribution in [1.29, 1.82) is 0 Å². The standard InChI is InChI=1S/C47H63BrO7Si2/c1-13-47(55-56(10,11)12)28-37(54-57(31(2)3,32(4)5)33(6)7)26-36(46(47)49)27-38-43(48)45(51-9)42-40(53-30-35-22-18-15-19-23-35)25-24-39(41(42)44(38)50-8)52-29-34-20-16-14-17-21-34/h14-26,31-33,36H,13,27-30H2,1-12H3/t36-,47+/m1/s1. The van der Waals surface area contributed by atoms with Crippen molar-refractivity contribution in [3.63, 3.8) is 0 Å². The van der Waals surface area contributed by atoms with E-state index in [4.69, 9.17) is 27.8 Å². The highest BCUT2D eigenvalue weighted by Crippen LogP contribution is 2.53. The number of fused-ring (bicyclic) bond motifs is 1. The smallest absolute Gasteiger partial charge is 0.258 e. The van der Waals surface area contributed by atoms with Crippen LogP contribution in [0.4, 0.5) is 0 Å². The number of carbonyl (C=O) groups is 1. The van der Waals surface area contributed by atoms with Gasteiger partial charge in [-0.25, -0.2) is 0 Å². The molecule has 0 aromatic heterocycles. The zero-order chi connectivity index (χ0) is 41.7. The molecule has 0 aliphatic heterocycles. The molecule has 308 valence electrons. The number of halogens is 1. The molecule has 0 saturated heterocycles. The van der Waals surface area contributed by atoms with Gasteiger partial charge in [-0.15, -0.1) is 0 Å². The fraction of sp³-hybridized carbons (Fsp3) is 0.468. The molecule has 1 aliphatic carbocycles. The first-order chi connectivity index (χ1) is 27.0. The molecule has 0 heterocycles. The maximum absolute atomic E-state index is 15.1. The van der Waals surface area contributed by atoms with Gasteiger partial charge >= 0.3 is 0 Å². The van der Waals surface area contributed by atoms with Crippen LogP contribution in [-0.2, 0) is 33.3 Å². The molecule has 5 rings (SSSR count). The van der Waals surface area contributed by atoms with Crippen LogP contribution in [0.2, 0.25) is 36.3 Å². The summed E-state index contributed by atoms with van der Waals surface area (Å²) < 4.78 is 40.8. The summed E-state index contributed by atoms with van der Waals surface area (Å²) in [5.74, 6) is 2.78. The van der Waals surface area contributed by atoms with E-state index < -0.39 is 28.2 Å². The van der Waals surface area contributed by atoms with E-state index in [0.29, 0.717) is 87.3 Å². The van der Waals surface area contributed by atoms with E-state index in [2.05, 4.69) is 90.1 Å². The molecule has 4 aromatic carbocycles. The van der Waals surface area contributed by atoms with Crippen LogP contribution in [-0.4, -0.2) is 42.2 Å². The molecule has 0 N–H and O–H groups in total. The van der Waals surface area contributed by atoms with Gasteiger partial charge in [0.25, 0.3) is 8.32 Å². The van der Waals surface area contributed by atoms with Crippen molar-refractivity contribution in [2.24, 2.45) is 5.92 Å². The van der Waals surface area contributed by atoms with Crippen LogP contribution >= 0.6 is 15.9 Å². The van der Waals surface area contributed by atoms with Gasteiger partial charge in [-0.1, -0.05) is 109 Å². The van der Waals surface area contributed by atoms with Crippen LogP contribution in [0.15, 0.2) is 89.1 Å². The molecule has 4 aromatic rings. The summed E-state index contributed by atoms with van der Waals surface area (Å²) in [6.07, 6.45) is 3.40. The van der Waals surface area contributed by atoms with Gasteiger partial charge in [0.2, 0.25) is 0 Å². The average molecular weight is 876 g/mol. The highest BCUT2D eigenvalue weighted by atomic mass is 79.9. The molecule has 0 saturated carbocycles. The quantitative estimate of drug-likeness (QED) is 0.0922. The van der Waals surface area contributed by atoms with Gasteiger partial charge in [-0.05, 0) is 94.4 Å². The van der Waals surface area contributed by atoms with Crippen molar-refractivity contribution in [3.8, 4) is 23.0 Å². The van der Waals surface area contributed by atoms with Gasteiger partial charge in [0, 0.05) is 17.9 Å². The maximum atomic E-state index is 15.1. The summed E-state index contributed by atoms with van der Waals surface area (Å²) in [7, 11) is -1.23. The maximum Gasteiger partial charge on any atom is 0.258 e. The number of ketones is 1. The fourth-order valence-corrected chi connectivity index (χ4v) is 16.4. The summed E-state index contributed by atoms with van der Waals surface area (Å²) in [6.45, 7) is 23.0. The lowest BCUT2D eigenvalue weighted by atomic mass is 9.76. The number of ether oxygens (including phenoxy) is 4. The molecule has 0 radical (unpaired) electrons. The minimum Gasteiger partial charge on any atom is -0.546 e. The molecular weight excluding hydrogens is 813 g/mol. The predicted molar refractivity (Wildman–Crippen MR) is 241 cm³/mol. The van der Waals surface area contributed by atoms with Gasteiger partial charge in [0.15, 0.2) is 14.1 Å². The first-order valence-electron chi connectivity index (χ1n) is 20.4. The van der Waals surface area contributed by atoms with Crippen LogP contribution in [0.3, 0.4) is 0 Å². The van der Waals surface area contributed by atoms with Gasteiger partial charge < -0.3 is 27.8 Å². The Kier molecular flexibility index (Phi) is 14.5. The highest BCUT2D eigenvalue weighted by Gasteiger charge is 2.52. The Labute approximate surface area is 351 Å². The van der Waals surface area contributed by atoms with E-state index in [1.807, 2.05) is 72.8 Å². The highest BCUT2D eigenvalue weighted by molar-refractivity contribution is 9.10. The molecule has 0 unspecified atom stereocenters. The summed E-state index contributed by atoms with van der Waals surface area (Å²) in [6, 6.07) is 24.0. The Hall–Kier alpha value is -3.58. The summed E-state index contributed by atoms with van der Waals surface area (Å²) in [5.41, 5.74) is 2.97. The molecule has 0 amide bonds. The second kappa shape index (κ2) is 18.6. The van der Waals surface area contributed by atoms with Crippen LogP contribution in [0, 0.1) is 5.92 Å². The van der Waals surface area contributed by atoms with Gasteiger partial charge in [0.1, 0.15) is 41.8 Å².